The van der Waals surface area contributed by atoms with Crippen LogP contribution in [0.1, 0.15) is 5.56 Å². The summed E-state index contributed by atoms with van der Waals surface area (Å²) in [6.07, 6.45) is 1.77. The standard InChI is InChI=1S/C10H11F4N5O2S/c11-8-3-7(4-15)5-16-9(8)19-2-1-18(6-17-19)22(20,21)10(12,13)14/h3,5-6H,1-2,4,15H2. The van der Waals surface area contributed by atoms with Gasteiger partial charge in [0.25, 0.3) is 0 Å². The Morgan fingerprint density at radius 3 is 2.45 bits per heavy atom. The summed E-state index contributed by atoms with van der Waals surface area (Å²) < 4.78 is 73.4. The summed E-state index contributed by atoms with van der Waals surface area (Å²) in [6, 6.07) is 1.12. The number of halogens is 4. The van der Waals surface area contributed by atoms with Crippen molar-refractivity contribution in [1.29, 1.82) is 0 Å². The molecule has 0 saturated carbocycles. The Labute approximate surface area is 123 Å². The third kappa shape index (κ3) is 2.97. The highest BCUT2D eigenvalue weighted by Gasteiger charge is 2.50. The summed E-state index contributed by atoms with van der Waals surface area (Å²) in [7, 11) is -5.50. The fraction of sp³-hybridized carbons (Fsp3) is 0.400. The highest BCUT2D eigenvalue weighted by molar-refractivity contribution is 7.90. The van der Waals surface area contributed by atoms with Crippen molar-refractivity contribution in [2.24, 2.45) is 10.8 Å². The van der Waals surface area contributed by atoms with Gasteiger partial charge in [-0.25, -0.2) is 18.7 Å². The van der Waals surface area contributed by atoms with Crippen LogP contribution in [-0.4, -0.2) is 42.6 Å². The lowest BCUT2D eigenvalue weighted by atomic mass is 10.3. The first kappa shape index (κ1) is 16.4. The Morgan fingerprint density at radius 2 is 2.00 bits per heavy atom. The van der Waals surface area contributed by atoms with Crippen LogP contribution in [0.4, 0.5) is 23.4 Å². The van der Waals surface area contributed by atoms with Crippen molar-refractivity contribution >= 4 is 22.2 Å². The molecule has 1 aliphatic rings. The van der Waals surface area contributed by atoms with E-state index in [1.807, 2.05) is 0 Å². The molecule has 0 fully saturated rings. The number of hydrogen-bond acceptors (Lipinski definition) is 6. The lowest BCUT2D eigenvalue weighted by Crippen LogP contribution is -2.46. The van der Waals surface area contributed by atoms with Crippen molar-refractivity contribution in [2.75, 3.05) is 18.1 Å². The maximum absolute atomic E-state index is 13.8. The molecule has 0 saturated heterocycles. The van der Waals surface area contributed by atoms with E-state index in [-0.39, 0.29) is 23.2 Å². The summed E-state index contributed by atoms with van der Waals surface area (Å²) >= 11 is 0. The van der Waals surface area contributed by atoms with Crippen molar-refractivity contribution in [1.82, 2.24) is 9.29 Å². The Morgan fingerprint density at radius 1 is 1.32 bits per heavy atom. The van der Waals surface area contributed by atoms with Crippen molar-refractivity contribution < 1.29 is 26.0 Å². The van der Waals surface area contributed by atoms with Crippen LogP contribution >= 0.6 is 0 Å². The molecule has 2 heterocycles. The molecular weight excluding hydrogens is 330 g/mol. The van der Waals surface area contributed by atoms with Crippen LogP contribution in [-0.2, 0) is 16.6 Å². The minimum Gasteiger partial charge on any atom is -0.326 e. The van der Waals surface area contributed by atoms with Gasteiger partial charge in [-0.05, 0) is 11.6 Å². The number of nitrogens with zero attached hydrogens (tertiary/aromatic N) is 4. The molecule has 122 valence electrons. The van der Waals surface area contributed by atoms with Gasteiger partial charge < -0.3 is 5.73 Å². The minimum atomic E-state index is -5.50. The van der Waals surface area contributed by atoms with Crippen molar-refractivity contribution in [3.05, 3.63) is 23.6 Å². The van der Waals surface area contributed by atoms with Crippen molar-refractivity contribution in [3.8, 4) is 0 Å². The van der Waals surface area contributed by atoms with Gasteiger partial charge in [-0.15, -0.1) is 0 Å². The quantitative estimate of drug-likeness (QED) is 0.813. The fourth-order valence-corrected chi connectivity index (χ4v) is 2.43. The number of anilines is 1. The van der Waals surface area contributed by atoms with Gasteiger partial charge in [0.1, 0.15) is 6.34 Å². The molecule has 2 rings (SSSR count). The van der Waals surface area contributed by atoms with Crippen LogP contribution in [0.25, 0.3) is 0 Å². The van der Waals surface area contributed by atoms with Crippen LogP contribution in [0.3, 0.4) is 0 Å². The maximum atomic E-state index is 13.8. The normalized spacial score (nSPS) is 16.2. The Hall–Kier alpha value is -1.95. The van der Waals surface area contributed by atoms with Gasteiger partial charge in [0.15, 0.2) is 11.6 Å². The number of nitrogens with two attached hydrogens (primary N) is 1. The third-order valence-corrected chi connectivity index (χ3v) is 4.29. The fourth-order valence-electron chi connectivity index (χ4n) is 1.68. The zero-order valence-corrected chi connectivity index (χ0v) is 11.8. The van der Waals surface area contributed by atoms with E-state index in [0.717, 1.165) is 11.1 Å². The second kappa shape index (κ2) is 5.68. The molecule has 0 spiro atoms. The topological polar surface area (TPSA) is 91.9 Å². The van der Waals surface area contributed by atoms with Crippen molar-refractivity contribution in [2.45, 2.75) is 12.1 Å². The number of hydrazone groups is 1. The predicted octanol–water partition coefficient (Wildman–Crippen LogP) is 0.594. The van der Waals surface area contributed by atoms with Crippen LogP contribution in [0.2, 0.25) is 0 Å². The van der Waals surface area contributed by atoms with Gasteiger partial charge in [0, 0.05) is 12.7 Å². The molecular formula is C10H11F4N5O2S. The van der Waals surface area contributed by atoms with Crippen LogP contribution in [0.15, 0.2) is 17.4 Å². The number of alkyl halides is 3. The van der Waals surface area contributed by atoms with E-state index in [9.17, 15) is 26.0 Å². The first-order chi connectivity index (χ1) is 10.2. The second-order valence-corrected chi connectivity index (χ2v) is 6.15. The van der Waals surface area contributed by atoms with E-state index in [0.29, 0.717) is 11.9 Å². The molecule has 0 amide bonds. The Balaban J connectivity index is 2.22. The molecule has 1 aliphatic heterocycles. The zero-order chi connectivity index (χ0) is 16.5. The van der Waals surface area contributed by atoms with Gasteiger partial charge >= 0.3 is 15.5 Å². The summed E-state index contributed by atoms with van der Waals surface area (Å²) in [5.41, 5.74) is 0.335. The van der Waals surface area contributed by atoms with E-state index < -0.39 is 27.9 Å². The molecule has 1 aromatic heterocycles. The number of rotatable bonds is 3. The molecule has 0 atom stereocenters. The van der Waals surface area contributed by atoms with E-state index in [1.165, 1.54) is 6.20 Å². The third-order valence-electron chi connectivity index (χ3n) is 2.81. The smallest absolute Gasteiger partial charge is 0.326 e. The van der Waals surface area contributed by atoms with Gasteiger partial charge in [-0.1, -0.05) is 0 Å². The average Bonchev–Trinajstić information content (AvgIpc) is 2.46. The highest BCUT2D eigenvalue weighted by atomic mass is 32.2. The molecule has 7 nitrogen and oxygen atoms in total. The van der Waals surface area contributed by atoms with Crippen LogP contribution in [0, 0.1) is 5.82 Å². The largest absolute Gasteiger partial charge is 0.516 e. The number of sulfonamides is 1. The summed E-state index contributed by atoms with van der Waals surface area (Å²) in [5, 5.41) is 4.47. The van der Waals surface area contributed by atoms with Gasteiger partial charge in [0.05, 0.1) is 13.1 Å². The Bertz CT molecular complexity index is 691. The molecule has 0 bridgehead atoms. The van der Waals surface area contributed by atoms with Gasteiger partial charge in [-0.3, -0.25) is 0 Å². The van der Waals surface area contributed by atoms with E-state index in [1.54, 1.807) is 0 Å². The average molecular weight is 341 g/mol. The molecule has 12 heteroatoms. The molecule has 0 unspecified atom stereocenters. The highest BCUT2D eigenvalue weighted by Crippen LogP contribution is 2.27. The lowest BCUT2D eigenvalue weighted by molar-refractivity contribution is -0.0471. The molecule has 0 aromatic carbocycles. The van der Waals surface area contributed by atoms with Gasteiger partial charge in [0.2, 0.25) is 0 Å². The molecule has 0 aliphatic carbocycles. The maximum Gasteiger partial charge on any atom is 0.516 e. The summed E-state index contributed by atoms with van der Waals surface area (Å²) in [6.45, 7) is -0.742. The monoisotopic (exact) mass is 341 g/mol. The molecule has 1 aromatic rings. The summed E-state index contributed by atoms with van der Waals surface area (Å²) in [5.74, 6) is -0.982. The van der Waals surface area contributed by atoms with E-state index >= 15 is 0 Å². The molecule has 0 radical (unpaired) electrons. The first-order valence-corrected chi connectivity index (χ1v) is 7.35. The summed E-state index contributed by atoms with van der Waals surface area (Å²) in [4.78, 5) is 3.78. The van der Waals surface area contributed by atoms with Crippen LogP contribution in [0.5, 0.6) is 0 Å². The lowest BCUT2D eigenvalue weighted by Gasteiger charge is -2.29. The minimum absolute atomic E-state index is 0.0512. The van der Waals surface area contributed by atoms with E-state index in [2.05, 4.69) is 10.1 Å². The number of pyridine rings is 1. The first-order valence-electron chi connectivity index (χ1n) is 5.91. The number of aromatic nitrogens is 1. The molecule has 2 N–H and O–H groups in total. The van der Waals surface area contributed by atoms with E-state index in [4.69, 9.17) is 5.73 Å². The Kier molecular flexibility index (Phi) is 4.24. The van der Waals surface area contributed by atoms with Gasteiger partial charge in [-0.2, -0.15) is 26.7 Å². The molecule has 22 heavy (non-hydrogen) atoms. The predicted molar refractivity (Wildman–Crippen MR) is 69.6 cm³/mol. The SMILES string of the molecule is NCc1cnc(N2CCN(S(=O)(=O)C(F)(F)F)C=N2)c(F)c1. The zero-order valence-electron chi connectivity index (χ0n) is 11.0. The second-order valence-electron chi connectivity index (χ2n) is 4.27. The van der Waals surface area contributed by atoms with Crippen LogP contribution < -0.4 is 10.7 Å². The van der Waals surface area contributed by atoms with Crippen molar-refractivity contribution in [3.63, 3.8) is 0 Å². The number of hydrogen-bond donors (Lipinski definition) is 1.